The molecule has 0 unspecified atom stereocenters. The molecule has 138 valence electrons. The quantitative estimate of drug-likeness (QED) is 0.618. The number of hydrogen-bond acceptors (Lipinski definition) is 5. The molecule has 0 aliphatic carbocycles. The third-order valence-electron chi connectivity index (χ3n) is 5.56. The van der Waals surface area contributed by atoms with E-state index in [1.54, 1.807) is 18.3 Å². The molecule has 6 rings (SSSR count). The number of rotatable bonds is 4. The van der Waals surface area contributed by atoms with Crippen molar-refractivity contribution in [3.8, 4) is 0 Å². The summed E-state index contributed by atoms with van der Waals surface area (Å²) in [7, 11) is 0. The highest BCUT2D eigenvalue weighted by Gasteiger charge is 2.51. The summed E-state index contributed by atoms with van der Waals surface area (Å²) in [5, 5.41) is 9.10. The highest BCUT2D eigenvalue weighted by Crippen LogP contribution is 2.38. The Bertz CT molecular complexity index is 840. The van der Waals surface area contributed by atoms with E-state index in [9.17, 15) is 4.39 Å². The predicted molar refractivity (Wildman–Crippen MR) is 104 cm³/mol. The average molecular weight is 363 g/mol. The SMILES string of the molecule is Fc1ccc(/C=N\N=C(\c2ccccc2)C23CN4CN(CN(C4)C2)C3)cc1. The molecule has 0 saturated carbocycles. The molecule has 6 heteroatoms. The van der Waals surface area contributed by atoms with E-state index in [1.165, 1.54) is 12.1 Å². The van der Waals surface area contributed by atoms with E-state index in [1.807, 2.05) is 6.07 Å². The van der Waals surface area contributed by atoms with Gasteiger partial charge in [-0.2, -0.15) is 10.2 Å². The summed E-state index contributed by atoms with van der Waals surface area (Å²) in [5.41, 5.74) is 2.98. The second-order valence-electron chi connectivity index (χ2n) is 7.80. The highest BCUT2D eigenvalue weighted by atomic mass is 19.1. The molecule has 4 aliphatic heterocycles. The molecule has 27 heavy (non-hydrogen) atoms. The van der Waals surface area contributed by atoms with Gasteiger partial charge in [-0.15, -0.1) is 0 Å². The average Bonchev–Trinajstić information content (AvgIpc) is 2.66. The van der Waals surface area contributed by atoms with Crippen LogP contribution < -0.4 is 0 Å². The molecule has 4 fully saturated rings. The molecule has 5 nitrogen and oxygen atoms in total. The number of benzene rings is 2. The predicted octanol–water partition coefficient (Wildman–Crippen LogP) is 2.45. The largest absolute Gasteiger partial charge is 0.276 e. The minimum atomic E-state index is -0.244. The summed E-state index contributed by atoms with van der Waals surface area (Å²) in [5.74, 6) is -0.244. The van der Waals surface area contributed by atoms with Crippen molar-refractivity contribution in [2.24, 2.45) is 15.6 Å². The molecule has 0 N–H and O–H groups in total. The summed E-state index contributed by atoms with van der Waals surface area (Å²) in [6, 6.07) is 16.7. The lowest BCUT2D eigenvalue weighted by atomic mass is 9.74. The number of nitrogens with zero attached hydrogens (tertiary/aromatic N) is 5. The van der Waals surface area contributed by atoms with Gasteiger partial charge in [0, 0.05) is 19.6 Å². The molecule has 4 aliphatic rings. The Balaban J connectivity index is 1.51. The summed E-state index contributed by atoms with van der Waals surface area (Å²) in [4.78, 5) is 7.45. The van der Waals surface area contributed by atoms with Crippen LogP contribution in [0.2, 0.25) is 0 Å². The van der Waals surface area contributed by atoms with Crippen LogP contribution in [0.1, 0.15) is 11.1 Å². The zero-order valence-electron chi connectivity index (χ0n) is 15.1. The molecule has 4 saturated heterocycles. The van der Waals surface area contributed by atoms with Crippen LogP contribution in [0.4, 0.5) is 4.39 Å². The minimum absolute atomic E-state index is 0.0315. The van der Waals surface area contributed by atoms with Gasteiger partial charge in [-0.25, -0.2) is 4.39 Å². The van der Waals surface area contributed by atoms with Gasteiger partial charge in [0.15, 0.2) is 0 Å². The fraction of sp³-hybridized carbons (Fsp3) is 0.333. The molecule has 4 heterocycles. The Morgan fingerprint density at radius 3 is 2.04 bits per heavy atom. The van der Waals surface area contributed by atoms with E-state index in [2.05, 4.69) is 44.1 Å². The first-order chi connectivity index (χ1) is 13.2. The lowest BCUT2D eigenvalue weighted by Crippen LogP contribution is -2.74. The van der Waals surface area contributed by atoms with Gasteiger partial charge < -0.3 is 0 Å². The first-order valence-electron chi connectivity index (χ1n) is 9.30. The Labute approximate surface area is 158 Å². The molecular weight excluding hydrogens is 341 g/mol. The second kappa shape index (κ2) is 6.64. The van der Waals surface area contributed by atoms with E-state index in [0.29, 0.717) is 0 Å². The van der Waals surface area contributed by atoms with Gasteiger partial charge in [-0.3, -0.25) is 14.7 Å². The number of halogens is 1. The first kappa shape index (κ1) is 16.7. The zero-order valence-corrected chi connectivity index (χ0v) is 15.1. The van der Waals surface area contributed by atoms with Gasteiger partial charge >= 0.3 is 0 Å². The molecule has 0 radical (unpaired) electrons. The first-order valence-corrected chi connectivity index (χ1v) is 9.30. The van der Waals surface area contributed by atoms with E-state index in [4.69, 9.17) is 5.10 Å². The minimum Gasteiger partial charge on any atom is -0.276 e. The third-order valence-corrected chi connectivity index (χ3v) is 5.56. The monoisotopic (exact) mass is 363 g/mol. The summed E-state index contributed by atoms with van der Waals surface area (Å²) in [6.45, 7) is 6.16. The van der Waals surface area contributed by atoms with Crippen LogP contribution >= 0.6 is 0 Å². The third kappa shape index (κ3) is 3.20. The Morgan fingerprint density at radius 2 is 1.44 bits per heavy atom. The fourth-order valence-corrected chi connectivity index (χ4v) is 4.71. The Kier molecular flexibility index (Phi) is 4.11. The van der Waals surface area contributed by atoms with Crippen molar-refractivity contribution < 1.29 is 4.39 Å². The van der Waals surface area contributed by atoms with Crippen LogP contribution in [0.15, 0.2) is 64.8 Å². The van der Waals surface area contributed by atoms with Crippen molar-refractivity contribution in [2.75, 3.05) is 39.6 Å². The van der Waals surface area contributed by atoms with Crippen molar-refractivity contribution in [3.05, 3.63) is 71.5 Å². The van der Waals surface area contributed by atoms with E-state index in [0.717, 1.165) is 56.5 Å². The smallest absolute Gasteiger partial charge is 0.123 e. The highest BCUT2D eigenvalue weighted by molar-refractivity contribution is 6.05. The van der Waals surface area contributed by atoms with Gasteiger partial charge in [0.2, 0.25) is 0 Å². The lowest BCUT2D eigenvalue weighted by molar-refractivity contribution is -0.149. The molecule has 0 amide bonds. The van der Waals surface area contributed by atoms with Gasteiger partial charge in [-0.1, -0.05) is 42.5 Å². The van der Waals surface area contributed by atoms with Crippen molar-refractivity contribution >= 4 is 11.9 Å². The normalized spacial score (nSPS) is 32.3. The zero-order chi connectivity index (χ0) is 18.3. The van der Waals surface area contributed by atoms with Crippen LogP contribution in [0.3, 0.4) is 0 Å². The van der Waals surface area contributed by atoms with Crippen LogP contribution in [-0.2, 0) is 0 Å². The fourth-order valence-electron chi connectivity index (χ4n) is 4.71. The van der Waals surface area contributed by atoms with Gasteiger partial charge in [0.05, 0.1) is 37.3 Å². The maximum absolute atomic E-state index is 13.1. The van der Waals surface area contributed by atoms with Gasteiger partial charge in [-0.05, 0) is 23.3 Å². The van der Waals surface area contributed by atoms with Crippen LogP contribution in [0, 0.1) is 11.2 Å². The van der Waals surface area contributed by atoms with Crippen LogP contribution in [-0.4, -0.2) is 66.3 Å². The van der Waals surface area contributed by atoms with E-state index >= 15 is 0 Å². The standard InChI is InChI=1S/C21H22FN5/c22-19-8-6-17(7-9-19)10-23-24-20(18-4-2-1-3-5-18)21-11-25-14-26(12-21)16-27(13-21)15-25/h1-10H,11-16H2/b23-10-,24-20-. The second-order valence-corrected chi connectivity index (χ2v) is 7.80. The van der Waals surface area contributed by atoms with Crippen molar-refractivity contribution in [2.45, 2.75) is 0 Å². The summed E-state index contributed by atoms with van der Waals surface area (Å²) >= 11 is 0. The Hall–Kier alpha value is -2.41. The number of hydrogen-bond donors (Lipinski definition) is 0. The van der Waals surface area contributed by atoms with Crippen molar-refractivity contribution in [1.29, 1.82) is 0 Å². The van der Waals surface area contributed by atoms with Gasteiger partial charge in [0.1, 0.15) is 5.82 Å². The Morgan fingerprint density at radius 1 is 0.852 bits per heavy atom. The van der Waals surface area contributed by atoms with Crippen molar-refractivity contribution in [3.63, 3.8) is 0 Å². The van der Waals surface area contributed by atoms with Crippen molar-refractivity contribution in [1.82, 2.24) is 14.7 Å². The topological polar surface area (TPSA) is 34.4 Å². The maximum atomic E-state index is 13.1. The molecular formula is C21H22FN5. The van der Waals surface area contributed by atoms with E-state index < -0.39 is 0 Å². The maximum Gasteiger partial charge on any atom is 0.123 e. The van der Waals surface area contributed by atoms with E-state index in [-0.39, 0.29) is 11.2 Å². The molecule has 4 bridgehead atoms. The molecule has 0 atom stereocenters. The molecule has 2 aromatic rings. The molecule has 2 aromatic carbocycles. The summed E-state index contributed by atoms with van der Waals surface area (Å²) in [6.07, 6.45) is 1.70. The van der Waals surface area contributed by atoms with Crippen LogP contribution in [0.5, 0.6) is 0 Å². The lowest BCUT2D eigenvalue weighted by Gasteiger charge is -2.60. The van der Waals surface area contributed by atoms with Gasteiger partial charge in [0.25, 0.3) is 0 Å². The molecule has 0 spiro atoms. The molecule has 0 aromatic heterocycles. The summed E-state index contributed by atoms with van der Waals surface area (Å²) < 4.78 is 13.1. The van der Waals surface area contributed by atoms with Crippen LogP contribution in [0.25, 0.3) is 0 Å².